The average molecular weight is 387 g/mol. The highest BCUT2D eigenvalue weighted by Gasteiger charge is 2.24. The van der Waals surface area contributed by atoms with E-state index in [4.69, 9.17) is 4.74 Å². The van der Waals surface area contributed by atoms with Crippen LogP contribution in [-0.2, 0) is 21.2 Å². The fraction of sp³-hybridized carbons (Fsp3) is 0.300. The molecule has 6 nitrogen and oxygen atoms in total. The number of sulfonamides is 1. The molecule has 7 heteroatoms. The topological polar surface area (TPSA) is 80.8 Å². The second-order valence-electron chi connectivity index (χ2n) is 6.65. The summed E-state index contributed by atoms with van der Waals surface area (Å²) in [7, 11) is -3.35. The summed E-state index contributed by atoms with van der Waals surface area (Å²) < 4.78 is 30.3. The Balaban J connectivity index is 1.71. The molecule has 0 bridgehead atoms. The molecule has 3 rings (SSSR count). The zero-order chi connectivity index (χ0) is 19.6. The minimum absolute atomic E-state index is 0.324. The van der Waals surface area contributed by atoms with Gasteiger partial charge < -0.3 is 4.74 Å². The second kappa shape index (κ2) is 7.52. The number of hydrogen-bond acceptors (Lipinski definition) is 5. The van der Waals surface area contributed by atoms with Crippen molar-refractivity contribution in [3.05, 3.63) is 64.7 Å². The fourth-order valence-corrected chi connectivity index (χ4v) is 4.06. The van der Waals surface area contributed by atoms with Crippen molar-refractivity contribution in [2.24, 2.45) is 0 Å². The van der Waals surface area contributed by atoms with Crippen LogP contribution in [0, 0.1) is 6.92 Å². The van der Waals surface area contributed by atoms with E-state index in [-0.39, 0.29) is 12.4 Å². The van der Waals surface area contributed by atoms with Gasteiger partial charge in [-0.2, -0.15) is 0 Å². The standard InChI is InChI=1S/C20H21NO5S/c1-14-5-7-15(8-6-14)20(23)26-13-19(22)17-9-10-18-16(12-17)4-3-11-21(18)27(2,24)25/h5-10,12H,3-4,11,13H2,1-2H3. The summed E-state index contributed by atoms with van der Waals surface area (Å²) in [6, 6.07) is 11.8. The quantitative estimate of drug-likeness (QED) is 0.582. The van der Waals surface area contributed by atoms with E-state index in [1.807, 2.05) is 6.92 Å². The van der Waals surface area contributed by atoms with Crippen LogP contribution in [0.1, 0.15) is 38.3 Å². The molecule has 0 atom stereocenters. The third kappa shape index (κ3) is 4.36. The van der Waals surface area contributed by atoms with Crippen molar-refractivity contribution < 1.29 is 22.7 Å². The maximum absolute atomic E-state index is 12.4. The number of benzene rings is 2. The summed E-state index contributed by atoms with van der Waals surface area (Å²) >= 11 is 0. The fourth-order valence-electron chi connectivity index (χ4n) is 3.07. The molecule has 0 amide bonds. The number of rotatable bonds is 5. The van der Waals surface area contributed by atoms with E-state index in [1.165, 1.54) is 10.6 Å². The number of ketones is 1. The van der Waals surface area contributed by atoms with Crippen LogP contribution in [-0.4, -0.2) is 39.6 Å². The largest absolute Gasteiger partial charge is 0.454 e. The van der Waals surface area contributed by atoms with E-state index >= 15 is 0 Å². The summed E-state index contributed by atoms with van der Waals surface area (Å²) in [6.45, 7) is 1.99. The molecule has 27 heavy (non-hydrogen) atoms. The molecule has 0 unspecified atom stereocenters. The maximum atomic E-state index is 12.4. The van der Waals surface area contributed by atoms with Crippen molar-refractivity contribution in [1.82, 2.24) is 0 Å². The third-order valence-corrected chi connectivity index (χ3v) is 5.68. The van der Waals surface area contributed by atoms with Gasteiger partial charge in [-0.1, -0.05) is 17.7 Å². The molecular formula is C20H21NO5S. The number of ether oxygens (including phenoxy) is 1. The van der Waals surface area contributed by atoms with Crippen molar-refractivity contribution in [2.75, 3.05) is 23.7 Å². The van der Waals surface area contributed by atoms with Crippen molar-refractivity contribution in [1.29, 1.82) is 0 Å². The molecule has 0 saturated carbocycles. The van der Waals surface area contributed by atoms with Crippen molar-refractivity contribution in [3.8, 4) is 0 Å². The molecule has 1 aliphatic heterocycles. The molecule has 0 spiro atoms. The number of Topliss-reactive ketones (excluding diaryl/α,β-unsaturated/α-hetero) is 1. The lowest BCUT2D eigenvalue weighted by atomic mass is 9.99. The van der Waals surface area contributed by atoms with Crippen molar-refractivity contribution in [2.45, 2.75) is 19.8 Å². The predicted octanol–water partition coefficient (Wildman–Crippen LogP) is 2.75. The molecule has 2 aromatic rings. The van der Waals surface area contributed by atoms with Gasteiger partial charge in [0.1, 0.15) is 0 Å². The van der Waals surface area contributed by atoms with Crippen molar-refractivity contribution in [3.63, 3.8) is 0 Å². The van der Waals surface area contributed by atoms with Crippen LogP contribution in [0.3, 0.4) is 0 Å². The third-order valence-electron chi connectivity index (χ3n) is 4.50. The van der Waals surface area contributed by atoms with Gasteiger partial charge in [-0.3, -0.25) is 9.10 Å². The molecule has 1 aliphatic rings. The Morgan fingerprint density at radius 1 is 1.07 bits per heavy atom. The summed E-state index contributed by atoms with van der Waals surface area (Å²) in [6.07, 6.45) is 2.57. The van der Waals surface area contributed by atoms with Crippen molar-refractivity contribution >= 4 is 27.5 Å². The van der Waals surface area contributed by atoms with Crippen LogP contribution >= 0.6 is 0 Å². The molecule has 142 valence electrons. The Bertz CT molecular complexity index is 980. The van der Waals surface area contributed by atoms with Gasteiger partial charge >= 0.3 is 5.97 Å². The summed E-state index contributed by atoms with van der Waals surface area (Å²) in [4.78, 5) is 24.4. The van der Waals surface area contributed by atoms with Gasteiger partial charge in [0, 0.05) is 12.1 Å². The molecule has 1 heterocycles. The van der Waals surface area contributed by atoms with E-state index in [1.54, 1.807) is 42.5 Å². The first-order valence-electron chi connectivity index (χ1n) is 8.63. The number of carbonyl (C=O) groups is 2. The minimum atomic E-state index is -3.35. The van der Waals surface area contributed by atoms with Gasteiger partial charge in [0.25, 0.3) is 0 Å². The number of fused-ring (bicyclic) bond motifs is 1. The molecule has 0 saturated heterocycles. The van der Waals surface area contributed by atoms with Crippen LogP contribution in [0.4, 0.5) is 5.69 Å². The highest BCUT2D eigenvalue weighted by Crippen LogP contribution is 2.30. The Morgan fingerprint density at radius 3 is 2.41 bits per heavy atom. The molecule has 2 aromatic carbocycles. The second-order valence-corrected chi connectivity index (χ2v) is 8.55. The van der Waals surface area contributed by atoms with Crippen LogP contribution in [0.25, 0.3) is 0 Å². The monoisotopic (exact) mass is 387 g/mol. The van der Waals surface area contributed by atoms with E-state index in [2.05, 4.69) is 0 Å². The molecule has 0 fully saturated rings. The summed E-state index contributed by atoms with van der Waals surface area (Å²) in [5, 5.41) is 0. The van der Waals surface area contributed by atoms with E-state index in [9.17, 15) is 18.0 Å². The first kappa shape index (κ1) is 19.1. The lowest BCUT2D eigenvalue weighted by Crippen LogP contribution is -2.34. The van der Waals surface area contributed by atoms with Gasteiger partial charge in [-0.25, -0.2) is 13.2 Å². The zero-order valence-corrected chi connectivity index (χ0v) is 16.1. The van der Waals surface area contributed by atoms with Crippen LogP contribution in [0.15, 0.2) is 42.5 Å². The number of nitrogens with zero attached hydrogens (tertiary/aromatic N) is 1. The van der Waals surface area contributed by atoms with Gasteiger partial charge in [0.2, 0.25) is 10.0 Å². The number of hydrogen-bond donors (Lipinski definition) is 0. The Kier molecular flexibility index (Phi) is 5.32. The predicted molar refractivity (Wildman–Crippen MR) is 103 cm³/mol. The first-order chi connectivity index (χ1) is 12.8. The van der Waals surface area contributed by atoms with E-state index < -0.39 is 16.0 Å². The molecule has 0 N–H and O–H groups in total. The zero-order valence-electron chi connectivity index (χ0n) is 15.3. The van der Waals surface area contributed by atoms with Crippen LogP contribution in [0.5, 0.6) is 0 Å². The average Bonchev–Trinajstić information content (AvgIpc) is 2.64. The smallest absolute Gasteiger partial charge is 0.338 e. The maximum Gasteiger partial charge on any atom is 0.338 e. The normalized spacial score (nSPS) is 13.8. The lowest BCUT2D eigenvalue weighted by Gasteiger charge is -2.29. The van der Waals surface area contributed by atoms with Crippen LogP contribution < -0.4 is 4.31 Å². The lowest BCUT2D eigenvalue weighted by molar-refractivity contribution is 0.0474. The summed E-state index contributed by atoms with van der Waals surface area (Å²) in [5.41, 5.74) is 3.24. The highest BCUT2D eigenvalue weighted by atomic mass is 32.2. The molecular weight excluding hydrogens is 366 g/mol. The number of carbonyl (C=O) groups excluding carboxylic acids is 2. The van der Waals surface area contributed by atoms with Gasteiger partial charge in [-0.05, 0) is 55.7 Å². The SMILES string of the molecule is Cc1ccc(C(=O)OCC(=O)c2ccc3c(c2)CCCN3S(C)(=O)=O)cc1. The highest BCUT2D eigenvalue weighted by molar-refractivity contribution is 7.92. The number of aryl methyl sites for hydroxylation is 2. The van der Waals surface area contributed by atoms with Crippen LogP contribution in [0.2, 0.25) is 0 Å². The Hall–Kier alpha value is -2.67. The molecule has 0 aliphatic carbocycles. The number of esters is 1. The Morgan fingerprint density at radius 2 is 1.74 bits per heavy atom. The van der Waals surface area contributed by atoms with E-state index in [0.717, 1.165) is 11.1 Å². The molecule has 0 aromatic heterocycles. The van der Waals surface area contributed by atoms with Gasteiger partial charge in [0.15, 0.2) is 12.4 Å². The summed E-state index contributed by atoms with van der Waals surface area (Å²) in [5.74, 6) is -0.876. The Labute approximate surface area is 158 Å². The van der Waals surface area contributed by atoms with Gasteiger partial charge in [-0.15, -0.1) is 0 Å². The van der Waals surface area contributed by atoms with E-state index in [0.29, 0.717) is 36.2 Å². The first-order valence-corrected chi connectivity index (χ1v) is 10.5. The van der Waals surface area contributed by atoms with Gasteiger partial charge in [0.05, 0.1) is 17.5 Å². The number of anilines is 1. The molecule has 0 radical (unpaired) electrons. The minimum Gasteiger partial charge on any atom is -0.454 e.